The molecule has 0 N–H and O–H groups in total. The second kappa shape index (κ2) is 8.53. The van der Waals surface area contributed by atoms with E-state index < -0.39 is 12.0 Å². The van der Waals surface area contributed by atoms with Crippen molar-refractivity contribution in [3.05, 3.63) is 72.6 Å². The summed E-state index contributed by atoms with van der Waals surface area (Å²) >= 11 is 1.24. The molecule has 0 aliphatic carbocycles. The number of allylic oxidation sites excluding steroid dienone is 1. The van der Waals surface area contributed by atoms with Gasteiger partial charge in [-0.15, -0.1) is 0 Å². The van der Waals surface area contributed by atoms with Gasteiger partial charge in [0.15, 0.2) is 22.2 Å². The Balaban J connectivity index is 1.70. The van der Waals surface area contributed by atoms with Crippen LogP contribution in [0.25, 0.3) is 6.08 Å². The summed E-state index contributed by atoms with van der Waals surface area (Å²) in [5, 5.41) is 0. The summed E-state index contributed by atoms with van der Waals surface area (Å²) in [6, 6.07) is 8.30. The Hall–Kier alpha value is -3.79. The van der Waals surface area contributed by atoms with Crippen LogP contribution in [0.1, 0.15) is 31.2 Å². The molecular weight excluding hydrogens is 458 g/mol. The first kappa shape index (κ1) is 22.0. The second-order valence-corrected chi connectivity index (χ2v) is 8.99. The molecule has 0 fully saturated rings. The van der Waals surface area contributed by atoms with Gasteiger partial charge in [0, 0.05) is 26.2 Å². The number of nitrogens with zero attached hydrogens (tertiary/aromatic N) is 3. The maximum Gasteiger partial charge on any atom is 0.338 e. The third kappa shape index (κ3) is 3.69. The number of fused-ring (bicyclic) bond motifs is 2. The van der Waals surface area contributed by atoms with E-state index in [2.05, 4.69) is 4.99 Å². The lowest BCUT2D eigenvalue weighted by molar-refractivity contribution is -0.139. The lowest BCUT2D eigenvalue weighted by atomic mass is 9.95. The molecule has 2 aromatic heterocycles. The quantitative estimate of drug-likeness (QED) is 0.516. The number of aromatic nitrogens is 1. The molecule has 4 heterocycles. The SMILES string of the molecule is CCOC(=O)C1=C(C)N=c2s/c(=C\c3ccc(N(C)C)o3)c(=O)n2[C@@H]1c1ccc2c(c1)OCO2. The molecule has 2 aliphatic heterocycles. The van der Waals surface area contributed by atoms with Crippen LogP contribution in [-0.2, 0) is 9.53 Å². The molecule has 10 heteroatoms. The van der Waals surface area contributed by atoms with Gasteiger partial charge in [-0.3, -0.25) is 9.36 Å². The summed E-state index contributed by atoms with van der Waals surface area (Å²) in [5.74, 6) is 1.89. The van der Waals surface area contributed by atoms with Crippen LogP contribution in [0.4, 0.5) is 5.88 Å². The summed E-state index contributed by atoms with van der Waals surface area (Å²) < 4.78 is 24.1. The highest BCUT2D eigenvalue weighted by atomic mass is 32.1. The van der Waals surface area contributed by atoms with Crippen LogP contribution in [0, 0.1) is 0 Å². The average molecular weight is 482 g/mol. The first-order chi connectivity index (χ1) is 16.4. The molecule has 0 saturated carbocycles. The van der Waals surface area contributed by atoms with Gasteiger partial charge in [0.05, 0.1) is 28.5 Å². The highest BCUT2D eigenvalue weighted by Crippen LogP contribution is 2.38. The molecule has 0 amide bonds. The highest BCUT2D eigenvalue weighted by Gasteiger charge is 2.34. The number of carbonyl (C=O) groups excluding carboxylic acids is 1. The van der Waals surface area contributed by atoms with Gasteiger partial charge in [-0.2, -0.15) is 0 Å². The number of thiazole rings is 1. The van der Waals surface area contributed by atoms with E-state index in [-0.39, 0.29) is 19.0 Å². The number of ether oxygens (including phenoxy) is 3. The van der Waals surface area contributed by atoms with Crippen LogP contribution < -0.4 is 29.3 Å². The topological polar surface area (TPSA) is 95.5 Å². The number of hydrogen-bond acceptors (Lipinski definition) is 9. The number of carbonyl (C=O) groups is 1. The molecule has 1 atom stereocenters. The number of rotatable bonds is 5. The zero-order valence-electron chi connectivity index (χ0n) is 19.2. The van der Waals surface area contributed by atoms with Crippen molar-refractivity contribution in [1.82, 2.24) is 4.57 Å². The fraction of sp³-hybridized carbons (Fsp3) is 0.292. The Morgan fingerprint density at radius 1 is 1.26 bits per heavy atom. The summed E-state index contributed by atoms with van der Waals surface area (Å²) in [7, 11) is 3.75. The fourth-order valence-electron chi connectivity index (χ4n) is 3.98. The zero-order valence-corrected chi connectivity index (χ0v) is 20.0. The maximum absolute atomic E-state index is 13.6. The van der Waals surface area contributed by atoms with Crippen LogP contribution in [0.3, 0.4) is 0 Å². The van der Waals surface area contributed by atoms with Gasteiger partial charge in [-0.1, -0.05) is 17.4 Å². The molecule has 2 aliphatic rings. The maximum atomic E-state index is 13.6. The van der Waals surface area contributed by atoms with E-state index in [0.29, 0.717) is 49.3 Å². The van der Waals surface area contributed by atoms with Gasteiger partial charge in [0.25, 0.3) is 5.56 Å². The molecule has 176 valence electrons. The molecule has 9 nitrogen and oxygen atoms in total. The van der Waals surface area contributed by atoms with Crippen molar-refractivity contribution in [1.29, 1.82) is 0 Å². The standard InChI is InChI=1S/C24H23N3O6S/c1-5-30-23(29)20-13(2)25-24-27(21(20)14-6-8-16-17(10-14)32-12-31-16)22(28)18(34-24)11-15-7-9-19(33-15)26(3)4/h6-11,21H,5,12H2,1-4H3/b18-11-/t21-/m1/s1. The largest absolute Gasteiger partial charge is 0.463 e. The Morgan fingerprint density at radius 2 is 2.06 bits per heavy atom. The Bertz CT molecular complexity index is 1490. The van der Waals surface area contributed by atoms with Crippen LogP contribution >= 0.6 is 11.3 Å². The normalized spacial score (nSPS) is 16.9. The van der Waals surface area contributed by atoms with Crippen LogP contribution in [0.15, 0.2) is 55.8 Å². The van der Waals surface area contributed by atoms with Crippen molar-refractivity contribution in [2.45, 2.75) is 19.9 Å². The molecule has 1 aromatic carbocycles. The van der Waals surface area contributed by atoms with E-state index in [0.717, 1.165) is 0 Å². The lowest BCUT2D eigenvalue weighted by Crippen LogP contribution is -2.39. The van der Waals surface area contributed by atoms with Crippen molar-refractivity contribution in [3.63, 3.8) is 0 Å². The number of furan rings is 1. The third-order valence-corrected chi connectivity index (χ3v) is 6.54. The van der Waals surface area contributed by atoms with Gasteiger partial charge in [-0.25, -0.2) is 9.79 Å². The molecule has 0 unspecified atom stereocenters. The van der Waals surface area contributed by atoms with Gasteiger partial charge < -0.3 is 23.5 Å². The summed E-state index contributed by atoms with van der Waals surface area (Å²) in [4.78, 5) is 33.5. The van der Waals surface area contributed by atoms with E-state index >= 15 is 0 Å². The van der Waals surface area contributed by atoms with E-state index in [9.17, 15) is 9.59 Å². The summed E-state index contributed by atoms with van der Waals surface area (Å²) in [6.07, 6.45) is 1.69. The minimum Gasteiger partial charge on any atom is -0.463 e. The van der Waals surface area contributed by atoms with Crippen molar-refractivity contribution < 1.29 is 23.4 Å². The summed E-state index contributed by atoms with van der Waals surface area (Å²) in [6.45, 7) is 3.82. The lowest BCUT2D eigenvalue weighted by Gasteiger charge is -2.24. The van der Waals surface area contributed by atoms with Crippen molar-refractivity contribution in [2.24, 2.45) is 4.99 Å². The van der Waals surface area contributed by atoms with Crippen molar-refractivity contribution in [2.75, 3.05) is 32.4 Å². The molecule has 34 heavy (non-hydrogen) atoms. The molecule has 5 rings (SSSR count). The average Bonchev–Trinajstić information content (AvgIpc) is 3.52. The fourth-order valence-corrected chi connectivity index (χ4v) is 5.01. The molecule has 0 radical (unpaired) electrons. The van der Waals surface area contributed by atoms with E-state index in [1.165, 1.54) is 15.9 Å². The third-order valence-electron chi connectivity index (χ3n) is 5.56. The van der Waals surface area contributed by atoms with E-state index in [1.54, 1.807) is 38.1 Å². The van der Waals surface area contributed by atoms with Gasteiger partial charge in [0.2, 0.25) is 6.79 Å². The molecule has 0 saturated heterocycles. The Morgan fingerprint density at radius 3 is 2.79 bits per heavy atom. The Labute approximate surface area is 198 Å². The minimum absolute atomic E-state index is 0.124. The molecule has 3 aromatic rings. The van der Waals surface area contributed by atoms with E-state index in [1.807, 2.05) is 31.1 Å². The smallest absolute Gasteiger partial charge is 0.338 e. The van der Waals surface area contributed by atoms with Crippen LogP contribution in [0.2, 0.25) is 0 Å². The van der Waals surface area contributed by atoms with Gasteiger partial charge >= 0.3 is 5.97 Å². The highest BCUT2D eigenvalue weighted by molar-refractivity contribution is 7.07. The van der Waals surface area contributed by atoms with Gasteiger partial charge in [0.1, 0.15) is 5.76 Å². The number of esters is 1. The predicted molar refractivity (Wildman–Crippen MR) is 126 cm³/mol. The van der Waals surface area contributed by atoms with Crippen LogP contribution in [-0.4, -0.2) is 38.0 Å². The first-order valence-corrected chi connectivity index (χ1v) is 11.6. The number of benzene rings is 1. The van der Waals surface area contributed by atoms with Crippen molar-refractivity contribution >= 4 is 29.3 Å². The van der Waals surface area contributed by atoms with Gasteiger partial charge in [-0.05, 0) is 37.6 Å². The molecular formula is C24H23N3O6S. The monoisotopic (exact) mass is 481 g/mol. The first-order valence-electron chi connectivity index (χ1n) is 10.7. The minimum atomic E-state index is -0.721. The molecule has 0 spiro atoms. The second-order valence-electron chi connectivity index (χ2n) is 7.99. The number of hydrogen-bond donors (Lipinski definition) is 0. The van der Waals surface area contributed by atoms with Crippen LogP contribution in [0.5, 0.6) is 11.5 Å². The zero-order chi connectivity index (χ0) is 24.0. The predicted octanol–water partition coefficient (Wildman–Crippen LogP) is 2.19. The molecule has 0 bridgehead atoms. The summed E-state index contributed by atoms with van der Waals surface area (Å²) in [5.41, 5.74) is 1.24. The van der Waals surface area contributed by atoms with Crippen molar-refractivity contribution in [3.8, 4) is 11.5 Å². The Kier molecular flexibility index (Phi) is 5.52. The van der Waals surface area contributed by atoms with E-state index in [4.69, 9.17) is 18.6 Å². The number of anilines is 1.